The summed E-state index contributed by atoms with van der Waals surface area (Å²) >= 11 is 0. The summed E-state index contributed by atoms with van der Waals surface area (Å²) in [5.74, 6) is -0.381. The number of pyridine rings is 1. The highest BCUT2D eigenvalue weighted by atomic mass is 15.5. The van der Waals surface area contributed by atoms with Gasteiger partial charge in [0, 0.05) is 48.2 Å². The first-order chi connectivity index (χ1) is 14.3. The maximum Gasteiger partial charge on any atom is 0.560 e. The molecule has 0 atom stereocenters. The van der Waals surface area contributed by atoms with Crippen molar-refractivity contribution in [2.45, 2.75) is 54.3 Å². The van der Waals surface area contributed by atoms with Crippen LogP contribution < -0.4 is 4.57 Å². The van der Waals surface area contributed by atoms with E-state index in [-0.39, 0.29) is 5.79 Å². The van der Waals surface area contributed by atoms with Crippen LogP contribution in [0.15, 0.2) is 54.6 Å². The lowest BCUT2D eigenvalue weighted by Crippen LogP contribution is -2.60. The first-order valence-corrected chi connectivity index (χ1v) is 10.7. The molecular weight excluding hydrogens is 366 g/mol. The molecule has 0 spiro atoms. The van der Waals surface area contributed by atoms with Crippen LogP contribution in [0.3, 0.4) is 0 Å². The number of hydrogen-bond donors (Lipinski definition) is 0. The Labute approximate surface area is 179 Å². The largest absolute Gasteiger partial charge is 0.560 e. The summed E-state index contributed by atoms with van der Waals surface area (Å²) < 4.78 is 7.63. The number of aromatic nitrogens is 1. The van der Waals surface area contributed by atoms with Crippen molar-refractivity contribution >= 4 is 22.8 Å². The van der Waals surface area contributed by atoms with E-state index in [0.29, 0.717) is 0 Å². The van der Waals surface area contributed by atoms with E-state index in [2.05, 4.69) is 117 Å². The number of benzene rings is 2. The predicted octanol–water partition coefficient (Wildman–Crippen LogP) is 5.17. The molecule has 0 N–H and O–H groups in total. The van der Waals surface area contributed by atoms with Crippen LogP contribution in [0.1, 0.15) is 54.4 Å². The number of para-hydroxylation sites is 2. The molecule has 0 aliphatic carbocycles. The lowest BCUT2D eigenvalue weighted by molar-refractivity contribution is -1.02. The molecule has 1 aromatic heterocycles. The second-order valence-electron chi connectivity index (χ2n) is 8.92. The van der Waals surface area contributed by atoms with Crippen LogP contribution in [0.25, 0.3) is 0 Å². The molecule has 0 amide bonds. The maximum absolute atomic E-state index is 2.55. The van der Waals surface area contributed by atoms with Crippen LogP contribution >= 0.6 is 0 Å². The molecule has 0 radical (unpaired) electrons. The van der Waals surface area contributed by atoms with Gasteiger partial charge in [0.05, 0.1) is 0 Å². The Morgan fingerprint density at radius 3 is 1.23 bits per heavy atom. The molecule has 0 fully saturated rings. The van der Waals surface area contributed by atoms with Gasteiger partial charge < -0.3 is 0 Å². The van der Waals surface area contributed by atoms with Gasteiger partial charge >= 0.3 is 5.79 Å². The molecule has 0 saturated carbocycles. The SMILES string of the molecule is CC1=[N+](c2c(C)cccc2C)C2(C)[N+](c3c(C)cccc3C)=C(C)c3cccc1[n+]32. The minimum Gasteiger partial charge on any atom is -0.0629 e. The van der Waals surface area contributed by atoms with Gasteiger partial charge in [-0.05, 0) is 33.8 Å². The average molecular weight is 397 g/mol. The molecule has 3 heterocycles. The molecule has 3 heteroatoms. The van der Waals surface area contributed by atoms with E-state index in [1.165, 1.54) is 56.4 Å². The molecule has 5 rings (SSSR count). The van der Waals surface area contributed by atoms with Gasteiger partial charge in [0.15, 0.2) is 0 Å². The highest BCUT2D eigenvalue weighted by Crippen LogP contribution is 2.41. The molecule has 3 nitrogen and oxygen atoms in total. The second kappa shape index (κ2) is 6.21. The van der Waals surface area contributed by atoms with Crippen molar-refractivity contribution in [1.82, 2.24) is 0 Å². The van der Waals surface area contributed by atoms with Crippen molar-refractivity contribution < 1.29 is 13.7 Å². The molecule has 150 valence electrons. The van der Waals surface area contributed by atoms with E-state index in [4.69, 9.17) is 0 Å². The number of hydrogen-bond acceptors (Lipinski definition) is 0. The Kier molecular flexibility index (Phi) is 3.92. The number of rotatable bonds is 2. The summed E-state index contributed by atoms with van der Waals surface area (Å²) in [6.45, 7) is 15.8. The van der Waals surface area contributed by atoms with Crippen LogP contribution in [-0.4, -0.2) is 20.6 Å². The predicted molar refractivity (Wildman–Crippen MR) is 122 cm³/mol. The van der Waals surface area contributed by atoms with Crippen molar-refractivity contribution in [3.63, 3.8) is 0 Å². The molecular formula is C27H30N3+3. The fourth-order valence-corrected chi connectivity index (χ4v) is 5.77. The fourth-order valence-electron chi connectivity index (χ4n) is 5.77. The van der Waals surface area contributed by atoms with Crippen molar-refractivity contribution in [3.05, 3.63) is 88.2 Å². The zero-order valence-electron chi connectivity index (χ0n) is 19.0. The summed E-state index contributed by atoms with van der Waals surface area (Å²) in [4.78, 5) is 0. The van der Waals surface area contributed by atoms with E-state index < -0.39 is 0 Å². The summed E-state index contributed by atoms with van der Waals surface area (Å²) in [6.07, 6.45) is 0. The van der Waals surface area contributed by atoms with E-state index in [0.717, 1.165) is 0 Å². The molecule has 2 aromatic carbocycles. The minimum atomic E-state index is -0.381. The monoisotopic (exact) mass is 396 g/mol. The van der Waals surface area contributed by atoms with Crippen LogP contribution in [0.5, 0.6) is 0 Å². The van der Waals surface area contributed by atoms with E-state index >= 15 is 0 Å². The van der Waals surface area contributed by atoms with E-state index in [9.17, 15) is 0 Å². The van der Waals surface area contributed by atoms with Crippen molar-refractivity contribution in [2.24, 2.45) is 0 Å². The third-order valence-electron chi connectivity index (χ3n) is 7.00. The van der Waals surface area contributed by atoms with Crippen LogP contribution in [0.4, 0.5) is 11.4 Å². The number of aryl methyl sites for hydroxylation is 4. The zero-order valence-corrected chi connectivity index (χ0v) is 19.0. The standard InChI is InChI=1S/C27H30N3/c1-17-11-8-12-18(2)25(17)28-21(5)23-15-10-16-24-22(6)29(27(28,7)30(23)24)26-19(3)13-9-14-20(26)4/h8-16H,1-7H3/q+3. The quantitative estimate of drug-likeness (QED) is 0.529. The normalized spacial score (nSPS) is 16.5. The third-order valence-corrected chi connectivity index (χ3v) is 7.00. The van der Waals surface area contributed by atoms with Gasteiger partial charge in [0.25, 0.3) is 22.8 Å². The van der Waals surface area contributed by atoms with Crippen LogP contribution in [0.2, 0.25) is 0 Å². The molecule has 2 aliphatic rings. The van der Waals surface area contributed by atoms with Gasteiger partial charge in [-0.3, -0.25) is 0 Å². The van der Waals surface area contributed by atoms with Gasteiger partial charge in [0.2, 0.25) is 11.4 Å². The van der Waals surface area contributed by atoms with Gasteiger partial charge in [-0.2, -0.15) is 0 Å². The Morgan fingerprint density at radius 2 is 0.867 bits per heavy atom. The first-order valence-electron chi connectivity index (χ1n) is 10.7. The second-order valence-corrected chi connectivity index (χ2v) is 8.92. The summed E-state index contributed by atoms with van der Waals surface area (Å²) in [5, 5.41) is 0. The van der Waals surface area contributed by atoms with Gasteiger partial charge in [-0.15, -0.1) is 0 Å². The van der Waals surface area contributed by atoms with Crippen LogP contribution in [0, 0.1) is 27.7 Å². The lowest BCUT2D eigenvalue weighted by Gasteiger charge is -2.17. The Hall–Kier alpha value is -3.07. The molecule has 2 aliphatic heterocycles. The molecule has 0 bridgehead atoms. The van der Waals surface area contributed by atoms with Gasteiger partial charge in [-0.25, -0.2) is 0 Å². The molecule has 0 saturated heterocycles. The zero-order chi connectivity index (χ0) is 21.4. The highest BCUT2D eigenvalue weighted by molar-refractivity contribution is 5.97. The van der Waals surface area contributed by atoms with E-state index in [1.807, 2.05) is 0 Å². The van der Waals surface area contributed by atoms with E-state index in [1.54, 1.807) is 0 Å². The minimum absolute atomic E-state index is 0.381. The third kappa shape index (κ3) is 2.18. The van der Waals surface area contributed by atoms with Crippen molar-refractivity contribution in [1.29, 1.82) is 0 Å². The molecule has 0 unspecified atom stereocenters. The topological polar surface area (TPSA) is 9.90 Å². The van der Waals surface area contributed by atoms with Crippen molar-refractivity contribution in [2.75, 3.05) is 0 Å². The number of nitrogens with zero attached hydrogens (tertiary/aromatic N) is 3. The first kappa shape index (κ1) is 18.9. The average Bonchev–Trinajstić information content (AvgIpc) is 3.06. The Bertz CT molecular complexity index is 1170. The summed E-state index contributed by atoms with van der Waals surface area (Å²) in [5.41, 5.74) is 13.0. The Morgan fingerprint density at radius 1 is 0.533 bits per heavy atom. The fraction of sp³-hybridized carbons (Fsp3) is 0.296. The van der Waals surface area contributed by atoms with Gasteiger partial charge in [-0.1, -0.05) is 50.1 Å². The summed E-state index contributed by atoms with van der Waals surface area (Å²) in [7, 11) is 0. The maximum atomic E-state index is 2.55. The van der Waals surface area contributed by atoms with Crippen molar-refractivity contribution in [3.8, 4) is 0 Å². The van der Waals surface area contributed by atoms with Gasteiger partial charge in [0.1, 0.15) is 6.92 Å². The highest BCUT2D eigenvalue weighted by Gasteiger charge is 2.72. The summed E-state index contributed by atoms with van der Waals surface area (Å²) in [6, 6.07) is 19.9. The molecule has 3 aromatic rings. The lowest BCUT2D eigenvalue weighted by atomic mass is 10.1. The molecule has 30 heavy (non-hydrogen) atoms. The smallest absolute Gasteiger partial charge is 0.0629 e. The Balaban J connectivity index is 1.94. The van der Waals surface area contributed by atoms with Crippen LogP contribution in [-0.2, 0) is 5.79 Å².